The van der Waals surface area contributed by atoms with Gasteiger partial charge in [0.25, 0.3) is 0 Å². The van der Waals surface area contributed by atoms with Crippen LogP contribution < -0.4 is 5.32 Å². The number of ether oxygens (including phenoxy) is 1. The van der Waals surface area contributed by atoms with Crippen molar-refractivity contribution in [3.8, 4) is 0 Å². The minimum Gasteiger partial charge on any atom is -0.469 e. The van der Waals surface area contributed by atoms with Crippen LogP contribution in [0, 0.1) is 0 Å². The maximum absolute atomic E-state index is 11.9. The van der Waals surface area contributed by atoms with Gasteiger partial charge in [0.1, 0.15) is 0 Å². The highest BCUT2D eigenvalue weighted by Crippen LogP contribution is 2.20. The van der Waals surface area contributed by atoms with E-state index >= 15 is 0 Å². The summed E-state index contributed by atoms with van der Waals surface area (Å²) < 4.78 is 4.67. The van der Waals surface area contributed by atoms with Crippen molar-refractivity contribution in [2.45, 2.75) is 38.6 Å². The van der Waals surface area contributed by atoms with Crippen LogP contribution in [-0.2, 0) is 14.3 Å². The zero-order valence-corrected chi connectivity index (χ0v) is 10.7. The van der Waals surface area contributed by atoms with Gasteiger partial charge < -0.3 is 15.0 Å². The van der Waals surface area contributed by atoms with Crippen LogP contribution in [-0.4, -0.2) is 49.6 Å². The summed E-state index contributed by atoms with van der Waals surface area (Å²) in [5.41, 5.74) is 0. The van der Waals surface area contributed by atoms with Crippen LogP contribution >= 0.6 is 0 Å². The number of hydrogen-bond donors (Lipinski definition) is 1. The monoisotopic (exact) mass is 242 g/mol. The normalized spacial score (nSPS) is 20.1. The third-order valence-corrected chi connectivity index (χ3v) is 3.10. The van der Waals surface area contributed by atoms with Crippen molar-refractivity contribution in [1.82, 2.24) is 10.2 Å². The molecule has 1 amide bonds. The molecule has 0 saturated carbocycles. The first-order valence-electron chi connectivity index (χ1n) is 6.26. The lowest BCUT2D eigenvalue weighted by atomic mass is 9.99. The molecule has 5 heteroatoms. The third kappa shape index (κ3) is 4.34. The Morgan fingerprint density at radius 1 is 1.41 bits per heavy atom. The molecule has 1 unspecified atom stereocenters. The molecule has 1 heterocycles. The summed E-state index contributed by atoms with van der Waals surface area (Å²) in [5, 5.41) is 3.03. The fourth-order valence-electron chi connectivity index (χ4n) is 2.15. The van der Waals surface area contributed by atoms with Crippen molar-refractivity contribution in [3.05, 3.63) is 0 Å². The van der Waals surface area contributed by atoms with Crippen LogP contribution in [0.2, 0.25) is 0 Å². The van der Waals surface area contributed by atoms with E-state index in [-0.39, 0.29) is 17.9 Å². The highest BCUT2D eigenvalue weighted by molar-refractivity contribution is 5.79. The molecule has 0 aromatic rings. The van der Waals surface area contributed by atoms with Gasteiger partial charge in [0.2, 0.25) is 5.91 Å². The van der Waals surface area contributed by atoms with Crippen molar-refractivity contribution >= 4 is 11.9 Å². The number of likely N-dealkylation sites (N-methyl/N-ethyl adjacent to an activating group) is 1. The smallest absolute Gasteiger partial charge is 0.307 e. The van der Waals surface area contributed by atoms with Crippen LogP contribution in [0.4, 0.5) is 0 Å². The van der Waals surface area contributed by atoms with Gasteiger partial charge in [-0.05, 0) is 25.8 Å². The number of nitrogens with zero attached hydrogens (tertiary/aromatic N) is 1. The Kier molecular flexibility index (Phi) is 5.97. The number of hydrogen-bond acceptors (Lipinski definition) is 4. The quantitative estimate of drug-likeness (QED) is 0.715. The number of methoxy groups -OCH3 is 1. The molecule has 1 aliphatic heterocycles. The molecule has 0 aromatic carbocycles. The highest BCUT2D eigenvalue weighted by atomic mass is 16.5. The zero-order chi connectivity index (χ0) is 12.7. The maximum atomic E-state index is 11.9. The Hall–Kier alpha value is -1.10. The molecule has 5 nitrogen and oxygen atoms in total. The molecule has 1 rings (SSSR count). The lowest BCUT2D eigenvalue weighted by Gasteiger charge is -2.35. The number of rotatable bonds is 5. The number of amides is 1. The summed E-state index contributed by atoms with van der Waals surface area (Å²) in [5.74, 6) is -0.154. The van der Waals surface area contributed by atoms with E-state index in [1.54, 1.807) is 0 Å². The van der Waals surface area contributed by atoms with Gasteiger partial charge in [-0.3, -0.25) is 9.59 Å². The van der Waals surface area contributed by atoms with Gasteiger partial charge in [-0.25, -0.2) is 0 Å². The second-order valence-electron chi connectivity index (χ2n) is 4.30. The Labute approximate surface area is 102 Å². The van der Waals surface area contributed by atoms with E-state index < -0.39 is 0 Å². The molecule has 17 heavy (non-hydrogen) atoms. The Bertz CT molecular complexity index is 268. The lowest BCUT2D eigenvalue weighted by molar-refractivity contribution is -0.144. The average Bonchev–Trinajstić information content (AvgIpc) is 2.36. The fraction of sp³-hybridized carbons (Fsp3) is 0.833. The fourth-order valence-corrected chi connectivity index (χ4v) is 2.15. The van der Waals surface area contributed by atoms with E-state index in [4.69, 9.17) is 0 Å². The summed E-state index contributed by atoms with van der Waals surface area (Å²) in [4.78, 5) is 25.1. The molecule has 0 radical (unpaired) electrons. The van der Waals surface area contributed by atoms with Gasteiger partial charge in [0.15, 0.2) is 0 Å². The van der Waals surface area contributed by atoms with Crippen LogP contribution in [0.3, 0.4) is 0 Å². The van der Waals surface area contributed by atoms with Crippen LogP contribution in [0.5, 0.6) is 0 Å². The largest absolute Gasteiger partial charge is 0.469 e. The van der Waals surface area contributed by atoms with Crippen molar-refractivity contribution in [2.24, 2.45) is 0 Å². The number of carbonyl (C=O) groups excluding carboxylic acids is 2. The number of carbonyl (C=O) groups is 2. The molecule has 1 atom stereocenters. The SMILES string of the molecule is CCNCC(=O)N1CCCCC1CC(=O)OC. The minimum absolute atomic E-state index is 0.0161. The van der Waals surface area contributed by atoms with E-state index in [9.17, 15) is 9.59 Å². The molecule has 1 saturated heterocycles. The predicted octanol–water partition coefficient (Wildman–Crippen LogP) is 0.540. The maximum Gasteiger partial charge on any atom is 0.307 e. The highest BCUT2D eigenvalue weighted by Gasteiger charge is 2.28. The number of piperidine rings is 1. The second kappa shape index (κ2) is 7.27. The lowest BCUT2D eigenvalue weighted by Crippen LogP contribution is -2.48. The van der Waals surface area contributed by atoms with E-state index in [1.807, 2.05) is 11.8 Å². The molecule has 0 bridgehead atoms. The molecule has 1 fully saturated rings. The summed E-state index contributed by atoms with van der Waals surface area (Å²) in [6.07, 6.45) is 3.31. The van der Waals surface area contributed by atoms with Crippen LogP contribution in [0.15, 0.2) is 0 Å². The molecule has 1 aliphatic rings. The van der Waals surface area contributed by atoms with E-state index in [0.717, 1.165) is 32.4 Å². The Morgan fingerprint density at radius 3 is 2.82 bits per heavy atom. The Balaban J connectivity index is 2.52. The molecular formula is C12H22N2O3. The van der Waals surface area contributed by atoms with E-state index in [2.05, 4.69) is 10.1 Å². The van der Waals surface area contributed by atoms with Crippen molar-refractivity contribution in [3.63, 3.8) is 0 Å². The zero-order valence-electron chi connectivity index (χ0n) is 10.7. The molecule has 0 spiro atoms. The summed E-state index contributed by atoms with van der Waals surface area (Å²) >= 11 is 0. The van der Waals surface area contributed by atoms with E-state index in [1.165, 1.54) is 7.11 Å². The first-order valence-corrected chi connectivity index (χ1v) is 6.26. The first kappa shape index (κ1) is 14.0. The van der Waals surface area contributed by atoms with Gasteiger partial charge in [0.05, 0.1) is 20.1 Å². The van der Waals surface area contributed by atoms with Gasteiger partial charge >= 0.3 is 5.97 Å². The standard InChI is InChI=1S/C12H22N2O3/c1-3-13-9-11(15)14-7-5-4-6-10(14)8-12(16)17-2/h10,13H,3-9H2,1-2H3. The topological polar surface area (TPSA) is 58.6 Å². The van der Waals surface area contributed by atoms with E-state index in [0.29, 0.717) is 13.0 Å². The molecule has 98 valence electrons. The Morgan fingerprint density at radius 2 is 2.18 bits per heavy atom. The average molecular weight is 242 g/mol. The van der Waals surface area contributed by atoms with Gasteiger partial charge in [-0.2, -0.15) is 0 Å². The molecule has 0 aliphatic carbocycles. The van der Waals surface area contributed by atoms with Crippen molar-refractivity contribution < 1.29 is 14.3 Å². The van der Waals surface area contributed by atoms with Gasteiger partial charge in [-0.15, -0.1) is 0 Å². The molecule has 0 aromatic heterocycles. The van der Waals surface area contributed by atoms with Crippen LogP contribution in [0.25, 0.3) is 0 Å². The minimum atomic E-state index is -0.238. The first-order chi connectivity index (χ1) is 8.19. The van der Waals surface area contributed by atoms with Gasteiger partial charge in [0, 0.05) is 12.6 Å². The molecular weight excluding hydrogens is 220 g/mol. The number of esters is 1. The third-order valence-electron chi connectivity index (χ3n) is 3.10. The number of nitrogens with one attached hydrogen (secondary N) is 1. The van der Waals surface area contributed by atoms with Crippen LogP contribution in [0.1, 0.15) is 32.6 Å². The van der Waals surface area contributed by atoms with Gasteiger partial charge in [-0.1, -0.05) is 6.92 Å². The summed E-state index contributed by atoms with van der Waals surface area (Å²) in [6.45, 7) is 3.86. The number of likely N-dealkylation sites (tertiary alicyclic amines) is 1. The second-order valence-corrected chi connectivity index (χ2v) is 4.30. The molecule has 1 N–H and O–H groups in total. The van der Waals surface area contributed by atoms with Crippen molar-refractivity contribution in [1.29, 1.82) is 0 Å². The van der Waals surface area contributed by atoms with Crippen molar-refractivity contribution in [2.75, 3.05) is 26.7 Å². The predicted molar refractivity (Wildman–Crippen MR) is 64.5 cm³/mol. The summed E-state index contributed by atoms with van der Waals surface area (Å²) in [7, 11) is 1.38. The summed E-state index contributed by atoms with van der Waals surface area (Å²) in [6, 6.07) is 0.0161.